The first kappa shape index (κ1) is 16.5. The minimum absolute atomic E-state index is 0.209. The summed E-state index contributed by atoms with van der Waals surface area (Å²) in [4.78, 5) is 2.69. The van der Waals surface area contributed by atoms with Crippen molar-refractivity contribution < 1.29 is 0 Å². The van der Waals surface area contributed by atoms with Crippen molar-refractivity contribution >= 4 is 0 Å². The average Bonchev–Trinajstić information content (AvgIpc) is 2.48. The summed E-state index contributed by atoms with van der Waals surface area (Å²) in [7, 11) is 0. The number of hydrogen-bond acceptors (Lipinski definition) is 2. The van der Waals surface area contributed by atoms with E-state index >= 15 is 0 Å². The molecule has 118 valence electrons. The lowest BCUT2D eigenvalue weighted by atomic mass is 9.85. The second kappa shape index (κ2) is 7.42. The summed E-state index contributed by atoms with van der Waals surface area (Å²) in [6.07, 6.45) is 5.22. The van der Waals surface area contributed by atoms with Gasteiger partial charge in [-0.15, -0.1) is 0 Å². The zero-order valence-corrected chi connectivity index (χ0v) is 14.3. The van der Waals surface area contributed by atoms with Crippen molar-refractivity contribution in [1.29, 1.82) is 0 Å². The maximum Gasteiger partial charge on any atom is 0.0309 e. The monoisotopic (exact) mass is 288 g/mol. The molecule has 1 unspecified atom stereocenters. The molecule has 21 heavy (non-hydrogen) atoms. The third-order valence-corrected chi connectivity index (χ3v) is 5.00. The van der Waals surface area contributed by atoms with Gasteiger partial charge in [0.2, 0.25) is 0 Å². The van der Waals surface area contributed by atoms with E-state index in [9.17, 15) is 0 Å². The summed E-state index contributed by atoms with van der Waals surface area (Å²) >= 11 is 0. The molecule has 1 aromatic carbocycles. The molecule has 0 aliphatic carbocycles. The Morgan fingerprint density at radius 3 is 2.52 bits per heavy atom. The molecule has 1 saturated heterocycles. The number of nitrogens with zero attached hydrogens (tertiary/aromatic N) is 1. The SMILES string of the molecule is CCNC(Cc1cccc(C)c1)C(C)(C)N1CCCCC1. The molecule has 1 fully saturated rings. The summed E-state index contributed by atoms with van der Waals surface area (Å²) in [6.45, 7) is 12.8. The van der Waals surface area contributed by atoms with Crippen LogP contribution in [0.5, 0.6) is 0 Å². The van der Waals surface area contributed by atoms with Gasteiger partial charge < -0.3 is 5.32 Å². The van der Waals surface area contributed by atoms with E-state index in [1.54, 1.807) is 0 Å². The van der Waals surface area contributed by atoms with Crippen LogP contribution in [0.15, 0.2) is 24.3 Å². The molecule has 1 aliphatic heterocycles. The molecular weight excluding hydrogens is 256 g/mol. The van der Waals surface area contributed by atoms with Gasteiger partial charge in [-0.2, -0.15) is 0 Å². The quantitative estimate of drug-likeness (QED) is 0.857. The van der Waals surface area contributed by atoms with Gasteiger partial charge in [-0.25, -0.2) is 0 Å². The van der Waals surface area contributed by atoms with E-state index in [4.69, 9.17) is 0 Å². The van der Waals surface area contributed by atoms with Gasteiger partial charge in [0.25, 0.3) is 0 Å². The highest BCUT2D eigenvalue weighted by molar-refractivity contribution is 5.23. The number of likely N-dealkylation sites (tertiary alicyclic amines) is 1. The third-order valence-electron chi connectivity index (χ3n) is 5.00. The Labute approximate surface area is 130 Å². The second-order valence-corrected chi connectivity index (χ2v) is 7.00. The van der Waals surface area contributed by atoms with E-state index in [2.05, 4.69) is 62.2 Å². The van der Waals surface area contributed by atoms with Crippen molar-refractivity contribution in [3.05, 3.63) is 35.4 Å². The molecule has 0 aromatic heterocycles. The Morgan fingerprint density at radius 1 is 1.19 bits per heavy atom. The number of piperidine rings is 1. The van der Waals surface area contributed by atoms with Gasteiger partial charge in [-0.05, 0) is 65.2 Å². The van der Waals surface area contributed by atoms with Gasteiger partial charge in [0.05, 0.1) is 0 Å². The first-order chi connectivity index (χ1) is 10.0. The lowest BCUT2D eigenvalue weighted by molar-refractivity contribution is 0.0616. The predicted octanol–water partition coefficient (Wildman–Crippen LogP) is 3.78. The summed E-state index contributed by atoms with van der Waals surface area (Å²) < 4.78 is 0. The van der Waals surface area contributed by atoms with Gasteiger partial charge in [0.15, 0.2) is 0 Å². The van der Waals surface area contributed by atoms with Gasteiger partial charge in [-0.3, -0.25) is 4.90 Å². The highest BCUT2D eigenvalue weighted by Gasteiger charge is 2.35. The van der Waals surface area contributed by atoms with Gasteiger partial charge in [0.1, 0.15) is 0 Å². The predicted molar refractivity (Wildman–Crippen MR) is 91.9 cm³/mol. The topological polar surface area (TPSA) is 15.3 Å². The number of hydrogen-bond donors (Lipinski definition) is 1. The summed E-state index contributed by atoms with van der Waals surface area (Å²) in [5.74, 6) is 0. The van der Waals surface area contributed by atoms with Gasteiger partial charge in [0, 0.05) is 11.6 Å². The third kappa shape index (κ3) is 4.31. The van der Waals surface area contributed by atoms with E-state index < -0.39 is 0 Å². The maximum absolute atomic E-state index is 3.75. The summed E-state index contributed by atoms with van der Waals surface area (Å²) in [5, 5.41) is 3.75. The van der Waals surface area contributed by atoms with Crippen LogP contribution in [0.4, 0.5) is 0 Å². The van der Waals surface area contributed by atoms with Crippen molar-refractivity contribution in [1.82, 2.24) is 10.2 Å². The maximum atomic E-state index is 3.75. The molecule has 1 aliphatic rings. The Bertz CT molecular complexity index is 433. The molecule has 1 aromatic rings. The molecule has 1 heterocycles. The number of benzene rings is 1. The van der Waals surface area contributed by atoms with Gasteiger partial charge >= 0.3 is 0 Å². The van der Waals surface area contributed by atoms with Crippen molar-refractivity contribution in [3.63, 3.8) is 0 Å². The Kier molecular flexibility index (Phi) is 5.83. The van der Waals surface area contributed by atoms with Crippen LogP contribution in [-0.4, -0.2) is 36.1 Å². The normalized spacial score (nSPS) is 18.7. The van der Waals surface area contributed by atoms with Crippen molar-refractivity contribution in [2.75, 3.05) is 19.6 Å². The van der Waals surface area contributed by atoms with Crippen LogP contribution in [-0.2, 0) is 6.42 Å². The standard InChI is InChI=1S/C19H32N2/c1-5-20-18(15-17-11-9-10-16(2)14-17)19(3,4)21-12-7-6-8-13-21/h9-11,14,18,20H,5-8,12-13,15H2,1-4H3. The fraction of sp³-hybridized carbons (Fsp3) is 0.684. The molecule has 0 amide bonds. The van der Waals surface area contributed by atoms with E-state index in [-0.39, 0.29) is 5.54 Å². The molecule has 0 radical (unpaired) electrons. The second-order valence-electron chi connectivity index (χ2n) is 7.00. The van der Waals surface area contributed by atoms with E-state index in [1.807, 2.05) is 0 Å². The van der Waals surface area contributed by atoms with Crippen LogP contribution < -0.4 is 5.32 Å². The first-order valence-corrected chi connectivity index (χ1v) is 8.58. The molecule has 2 rings (SSSR count). The minimum atomic E-state index is 0.209. The summed E-state index contributed by atoms with van der Waals surface area (Å²) in [6, 6.07) is 9.46. The van der Waals surface area contributed by atoms with E-state index in [0.29, 0.717) is 6.04 Å². The van der Waals surface area contributed by atoms with Crippen LogP contribution in [0.1, 0.15) is 51.2 Å². The molecule has 1 N–H and O–H groups in total. The number of rotatable bonds is 6. The molecule has 0 spiro atoms. The number of aryl methyl sites for hydroxylation is 1. The van der Waals surface area contributed by atoms with E-state index in [0.717, 1.165) is 13.0 Å². The zero-order valence-electron chi connectivity index (χ0n) is 14.3. The molecule has 0 saturated carbocycles. The Balaban J connectivity index is 2.12. The molecule has 2 nitrogen and oxygen atoms in total. The van der Waals surface area contributed by atoms with Crippen LogP contribution in [0.25, 0.3) is 0 Å². The Morgan fingerprint density at radius 2 is 1.90 bits per heavy atom. The van der Waals surface area contributed by atoms with E-state index in [1.165, 1.54) is 43.5 Å². The highest BCUT2D eigenvalue weighted by Crippen LogP contribution is 2.26. The van der Waals surface area contributed by atoms with Gasteiger partial charge in [-0.1, -0.05) is 43.2 Å². The van der Waals surface area contributed by atoms with Crippen molar-refractivity contribution in [3.8, 4) is 0 Å². The van der Waals surface area contributed by atoms with Crippen molar-refractivity contribution in [2.45, 2.75) is 65.0 Å². The summed E-state index contributed by atoms with van der Waals surface area (Å²) in [5.41, 5.74) is 3.02. The molecular formula is C19H32N2. The molecule has 1 atom stereocenters. The molecule has 0 bridgehead atoms. The average molecular weight is 288 g/mol. The number of likely N-dealkylation sites (N-methyl/N-ethyl adjacent to an activating group) is 1. The molecule has 2 heteroatoms. The smallest absolute Gasteiger partial charge is 0.0309 e. The zero-order chi connectivity index (χ0) is 15.3. The van der Waals surface area contributed by atoms with Crippen LogP contribution >= 0.6 is 0 Å². The Hall–Kier alpha value is -0.860. The van der Waals surface area contributed by atoms with Crippen LogP contribution in [0.3, 0.4) is 0 Å². The van der Waals surface area contributed by atoms with Crippen molar-refractivity contribution in [2.24, 2.45) is 0 Å². The van der Waals surface area contributed by atoms with Crippen LogP contribution in [0, 0.1) is 6.92 Å². The first-order valence-electron chi connectivity index (χ1n) is 8.58. The fourth-order valence-electron chi connectivity index (χ4n) is 3.58. The highest BCUT2D eigenvalue weighted by atomic mass is 15.2. The minimum Gasteiger partial charge on any atom is -0.312 e. The lowest BCUT2D eigenvalue weighted by Gasteiger charge is -2.46. The number of nitrogens with one attached hydrogen (secondary N) is 1. The lowest BCUT2D eigenvalue weighted by Crippen LogP contribution is -2.59. The fourth-order valence-corrected chi connectivity index (χ4v) is 3.58. The largest absolute Gasteiger partial charge is 0.312 e. The van der Waals surface area contributed by atoms with Crippen LogP contribution in [0.2, 0.25) is 0 Å².